The van der Waals surface area contributed by atoms with Crippen molar-refractivity contribution in [1.29, 1.82) is 5.41 Å². The molecule has 0 bridgehead atoms. The van der Waals surface area contributed by atoms with Crippen molar-refractivity contribution in [2.75, 3.05) is 0 Å². The van der Waals surface area contributed by atoms with Crippen molar-refractivity contribution in [3.63, 3.8) is 0 Å². The van der Waals surface area contributed by atoms with E-state index in [0.29, 0.717) is 15.8 Å². The summed E-state index contributed by atoms with van der Waals surface area (Å²) in [6.45, 7) is 0. The van der Waals surface area contributed by atoms with Crippen molar-refractivity contribution in [1.82, 2.24) is 5.01 Å². The number of hydrazone groups is 1. The number of hydrogen-bond acceptors (Lipinski definition) is 6. The molecule has 0 aromatic heterocycles. The van der Waals surface area contributed by atoms with Gasteiger partial charge in [0.2, 0.25) is 5.17 Å². The van der Waals surface area contributed by atoms with Gasteiger partial charge in [-0.2, -0.15) is 15.1 Å². The highest BCUT2D eigenvalue weighted by Crippen LogP contribution is 2.31. The number of non-ortho nitro benzene ring substituents is 1. The lowest BCUT2D eigenvalue weighted by Crippen LogP contribution is -2.35. The Morgan fingerprint density at radius 3 is 2.67 bits per heavy atom. The van der Waals surface area contributed by atoms with Gasteiger partial charge in [0.05, 0.1) is 10.5 Å². The van der Waals surface area contributed by atoms with E-state index in [1.165, 1.54) is 41.0 Å². The summed E-state index contributed by atoms with van der Waals surface area (Å²) < 4.78 is 0. The lowest BCUT2D eigenvalue weighted by Gasteiger charge is -2.20. The van der Waals surface area contributed by atoms with Crippen molar-refractivity contribution >= 4 is 45.5 Å². The predicted octanol–water partition coefficient (Wildman–Crippen LogP) is 3.26. The third-order valence-electron chi connectivity index (χ3n) is 3.87. The van der Waals surface area contributed by atoms with Crippen LogP contribution in [0.25, 0.3) is 6.08 Å². The molecule has 0 saturated carbocycles. The third kappa shape index (κ3) is 3.15. The average Bonchev–Trinajstić information content (AvgIpc) is 3.10. The maximum absolute atomic E-state index is 12.4. The minimum absolute atomic E-state index is 0.0258. The van der Waals surface area contributed by atoms with Crippen LogP contribution in [-0.4, -0.2) is 31.9 Å². The Bertz CT molecular complexity index is 1080. The number of nitro benzene ring substituents is 1. The first-order chi connectivity index (χ1) is 13.0. The second-order valence-corrected chi connectivity index (χ2v) is 6.60. The summed E-state index contributed by atoms with van der Waals surface area (Å²) in [6, 6.07) is 15.3. The summed E-state index contributed by atoms with van der Waals surface area (Å²) in [7, 11) is 0. The van der Waals surface area contributed by atoms with E-state index in [4.69, 9.17) is 5.41 Å². The van der Waals surface area contributed by atoms with Crippen LogP contribution in [-0.2, 0) is 4.79 Å². The number of amides is 1. The largest absolute Gasteiger partial charge is 0.283 e. The molecule has 2 aliphatic heterocycles. The molecule has 4 rings (SSSR count). The number of amidine groups is 2. The van der Waals surface area contributed by atoms with Gasteiger partial charge >= 0.3 is 0 Å². The zero-order valence-electron chi connectivity index (χ0n) is 13.7. The van der Waals surface area contributed by atoms with Gasteiger partial charge in [-0.1, -0.05) is 42.5 Å². The van der Waals surface area contributed by atoms with Crippen LogP contribution in [0.1, 0.15) is 11.1 Å². The second kappa shape index (κ2) is 6.61. The van der Waals surface area contributed by atoms with Gasteiger partial charge in [0, 0.05) is 17.7 Å². The van der Waals surface area contributed by atoms with Gasteiger partial charge in [-0.3, -0.25) is 20.3 Å². The molecule has 2 aromatic rings. The first kappa shape index (κ1) is 16.9. The highest BCUT2D eigenvalue weighted by Gasteiger charge is 2.36. The monoisotopic (exact) mass is 377 g/mol. The van der Waals surface area contributed by atoms with Crippen LogP contribution < -0.4 is 0 Å². The van der Waals surface area contributed by atoms with Gasteiger partial charge in [-0.05, 0) is 23.4 Å². The zero-order valence-corrected chi connectivity index (χ0v) is 14.5. The molecule has 27 heavy (non-hydrogen) atoms. The van der Waals surface area contributed by atoms with E-state index in [-0.39, 0.29) is 17.1 Å². The number of carbonyl (C=O) groups excluding carboxylic acids is 1. The van der Waals surface area contributed by atoms with Gasteiger partial charge in [0.15, 0.2) is 5.84 Å². The Balaban J connectivity index is 1.69. The number of fused-ring (bicyclic) bond motifs is 1. The maximum Gasteiger partial charge on any atom is 0.283 e. The predicted molar refractivity (Wildman–Crippen MR) is 104 cm³/mol. The number of carbonyl (C=O) groups is 1. The Labute approximate surface area is 157 Å². The molecule has 1 N–H and O–H groups in total. The fourth-order valence-electron chi connectivity index (χ4n) is 2.58. The van der Waals surface area contributed by atoms with Crippen molar-refractivity contribution in [3.05, 3.63) is 81.4 Å². The van der Waals surface area contributed by atoms with Gasteiger partial charge in [0.25, 0.3) is 11.6 Å². The van der Waals surface area contributed by atoms with E-state index >= 15 is 0 Å². The number of hydrogen-bond donors (Lipinski definition) is 1. The fourth-order valence-corrected chi connectivity index (χ4v) is 3.48. The minimum Gasteiger partial charge on any atom is -0.282 e. The van der Waals surface area contributed by atoms with Gasteiger partial charge in [-0.25, -0.2) is 0 Å². The number of rotatable bonds is 3. The number of benzene rings is 2. The Kier molecular flexibility index (Phi) is 4.13. The molecule has 0 aliphatic carbocycles. The van der Waals surface area contributed by atoms with Gasteiger partial charge < -0.3 is 0 Å². The van der Waals surface area contributed by atoms with E-state index in [1.54, 1.807) is 6.07 Å². The third-order valence-corrected chi connectivity index (χ3v) is 4.82. The van der Waals surface area contributed by atoms with Crippen LogP contribution in [0, 0.1) is 15.5 Å². The Morgan fingerprint density at radius 1 is 1.15 bits per heavy atom. The molecule has 2 aliphatic rings. The highest BCUT2D eigenvalue weighted by molar-refractivity contribution is 8.27. The Hall–Kier alpha value is -3.59. The van der Waals surface area contributed by atoms with E-state index in [1.807, 2.05) is 30.3 Å². The molecule has 9 heteroatoms. The van der Waals surface area contributed by atoms with Crippen LogP contribution in [0.3, 0.4) is 0 Å². The fraction of sp³-hybridized carbons (Fsp3) is 0. The van der Waals surface area contributed by atoms with E-state index in [2.05, 4.69) is 10.1 Å². The summed E-state index contributed by atoms with van der Waals surface area (Å²) in [5.41, 5.74) is 1.24. The number of nitrogens with zero attached hydrogens (tertiary/aromatic N) is 4. The Morgan fingerprint density at radius 2 is 1.93 bits per heavy atom. The molecule has 132 valence electrons. The minimum atomic E-state index is -0.574. The van der Waals surface area contributed by atoms with Crippen molar-refractivity contribution in [3.8, 4) is 0 Å². The molecule has 0 atom stereocenters. The molecule has 2 aromatic carbocycles. The summed E-state index contributed by atoms with van der Waals surface area (Å²) in [5.74, 6) is -0.690. The highest BCUT2D eigenvalue weighted by atomic mass is 32.2. The normalized spacial score (nSPS) is 17.6. The zero-order chi connectivity index (χ0) is 19.0. The quantitative estimate of drug-likeness (QED) is 0.501. The average molecular weight is 377 g/mol. The van der Waals surface area contributed by atoms with Crippen molar-refractivity contribution in [2.45, 2.75) is 0 Å². The molecule has 1 amide bonds. The maximum atomic E-state index is 12.4. The summed E-state index contributed by atoms with van der Waals surface area (Å²) >= 11 is 1.22. The van der Waals surface area contributed by atoms with Crippen LogP contribution in [0.2, 0.25) is 0 Å². The summed E-state index contributed by atoms with van der Waals surface area (Å²) in [6.07, 6.45) is 1.42. The molecule has 8 nitrogen and oxygen atoms in total. The smallest absolute Gasteiger partial charge is 0.282 e. The van der Waals surface area contributed by atoms with Gasteiger partial charge in [0.1, 0.15) is 5.04 Å². The lowest BCUT2D eigenvalue weighted by molar-refractivity contribution is -0.384. The van der Waals surface area contributed by atoms with Gasteiger partial charge in [-0.15, -0.1) is 0 Å². The SMILES string of the molecule is N=C1/C(=C/c2cccc([N+](=O)[O-])c2)C(=O)N=C2SC(c3ccccc3)=NN12. The number of nitrogens with one attached hydrogen (secondary N) is 1. The van der Waals surface area contributed by atoms with E-state index in [9.17, 15) is 14.9 Å². The van der Waals surface area contributed by atoms with Crippen LogP contribution in [0.5, 0.6) is 0 Å². The lowest BCUT2D eigenvalue weighted by atomic mass is 10.1. The van der Waals surface area contributed by atoms with Crippen LogP contribution in [0.4, 0.5) is 5.69 Å². The van der Waals surface area contributed by atoms with Crippen molar-refractivity contribution in [2.24, 2.45) is 10.1 Å². The van der Waals surface area contributed by atoms with Crippen LogP contribution in [0.15, 0.2) is 70.3 Å². The molecule has 0 saturated heterocycles. The molecule has 0 fully saturated rings. The molecule has 0 spiro atoms. The second-order valence-electron chi connectivity index (χ2n) is 5.64. The topological polar surface area (TPSA) is 112 Å². The first-order valence-corrected chi connectivity index (χ1v) is 8.65. The molecular weight excluding hydrogens is 366 g/mol. The molecule has 0 unspecified atom stereocenters. The number of thioether (sulfide) groups is 1. The number of nitro groups is 1. The summed E-state index contributed by atoms with van der Waals surface area (Å²) in [4.78, 5) is 26.8. The van der Waals surface area contributed by atoms with E-state index < -0.39 is 10.8 Å². The number of aliphatic imine (C=N–C) groups is 1. The first-order valence-electron chi connectivity index (χ1n) is 7.83. The summed E-state index contributed by atoms with van der Waals surface area (Å²) in [5, 5.41) is 25.9. The molecule has 2 heterocycles. The molecular formula is C18H11N5O3S. The molecule has 0 radical (unpaired) electrons. The standard InChI is InChI=1S/C18H11N5O3S/c19-15-14(10-11-5-4-8-13(9-11)23(25)26)16(24)20-18-22(15)21-17(27-18)12-6-2-1-3-7-12/h1-10,19H/b14-10-,19-15?. The van der Waals surface area contributed by atoms with Crippen molar-refractivity contribution < 1.29 is 9.72 Å². The van der Waals surface area contributed by atoms with Crippen LogP contribution >= 0.6 is 11.8 Å². The van der Waals surface area contributed by atoms with E-state index in [0.717, 1.165) is 5.56 Å².